The zero-order valence-corrected chi connectivity index (χ0v) is 13.1. The lowest BCUT2D eigenvalue weighted by Gasteiger charge is -2.19. The van der Waals surface area contributed by atoms with E-state index in [1.54, 1.807) is 12.1 Å². The molecule has 0 aliphatic heterocycles. The first-order valence-electron chi connectivity index (χ1n) is 6.40. The smallest absolute Gasteiger partial charge is 0.151 e. The van der Waals surface area contributed by atoms with E-state index >= 15 is 0 Å². The van der Waals surface area contributed by atoms with Gasteiger partial charge in [-0.1, -0.05) is 23.2 Å². The summed E-state index contributed by atoms with van der Waals surface area (Å²) < 4.78 is 5.65. The molecule has 4 heteroatoms. The molecule has 0 N–H and O–H groups in total. The number of aldehydes is 1. The highest BCUT2D eigenvalue weighted by Gasteiger charge is 2.10. The molecule has 2 nitrogen and oxygen atoms in total. The summed E-state index contributed by atoms with van der Waals surface area (Å²) in [7, 11) is 0. The van der Waals surface area contributed by atoms with Gasteiger partial charge in [0.1, 0.15) is 0 Å². The molecule has 0 aromatic heterocycles. The molecule has 0 heterocycles. The molecule has 1 rings (SSSR count). The Hall–Kier alpha value is -0.570. The standard InChI is InChI=1S/C15H20Cl2O2/c1-15(2,3)19-7-5-4-6-11-8-14(17)12(10-18)9-13(11)16/h8-10H,4-7H2,1-3H3. The Labute approximate surface area is 125 Å². The van der Waals surface area contributed by atoms with Crippen molar-refractivity contribution < 1.29 is 9.53 Å². The molecule has 1 aromatic carbocycles. The first kappa shape index (κ1) is 16.5. The minimum absolute atomic E-state index is 0.0907. The Morgan fingerprint density at radius 3 is 2.42 bits per heavy atom. The minimum Gasteiger partial charge on any atom is -0.376 e. The number of ether oxygens (including phenoxy) is 1. The number of carbonyl (C=O) groups excluding carboxylic acids is 1. The van der Waals surface area contributed by atoms with Gasteiger partial charge in [-0.2, -0.15) is 0 Å². The first-order chi connectivity index (χ1) is 8.83. The van der Waals surface area contributed by atoms with Gasteiger partial charge in [0.15, 0.2) is 6.29 Å². The second kappa shape index (κ2) is 7.28. The molecule has 19 heavy (non-hydrogen) atoms. The van der Waals surface area contributed by atoms with E-state index in [-0.39, 0.29) is 5.60 Å². The molecular formula is C15H20Cl2O2. The predicted molar refractivity (Wildman–Crippen MR) is 80.5 cm³/mol. The van der Waals surface area contributed by atoms with E-state index in [4.69, 9.17) is 27.9 Å². The highest BCUT2D eigenvalue weighted by molar-refractivity contribution is 6.35. The maximum absolute atomic E-state index is 10.7. The van der Waals surface area contributed by atoms with E-state index < -0.39 is 0 Å². The van der Waals surface area contributed by atoms with Gasteiger partial charge in [-0.15, -0.1) is 0 Å². The molecule has 0 fully saturated rings. The van der Waals surface area contributed by atoms with Gasteiger partial charge in [-0.3, -0.25) is 4.79 Å². The highest BCUT2D eigenvalue weighted by Crippen LogP contribution is 2.25. The third-order valence-corrected chi connectivity index (χ3v) is 3.35. The summed E-state index contributed by atoms with van der Waals surface area (Å²) >= 11 is 12.1. The fourth-order valence-corrected chi connectivity index (χ4v) is 2.18. The topological polar surface area (TPSA) is 26.3 Å². The van der Waals surface area contributed by atoms with Crippen molar-refractivity contribution in [2.75, 3.05) is 6.61 Å². The van der Waals surface area contributed by atoms with Crippen LogP contribution in [-0.2, 0) is 11.2 Å². The number of benzene rings is 1. The van der Waals surface area contributed by atoms with E-state index in [0.717, 1.165) is 37.7 Å². The van der Waals surface area contributed by atoms with Crippen LogP contribution in [0.5, 0.6) is 0 Å². The quantitative estimate of drug-likeness (QED) is 0.549. The van der Waals surface area contributed by atoms with Crippen molar-refractivity contribution in [2.45, 2.75) is 45.6 Å². The van der Waals surface area contributed by atoms with Gasteiger partial charge in [0.25, 0.3) is 0 Å². The fourth-order valence-electron chi connectivity index (χ4n) is 1.68. The van der Waals surface area contributed by atoms with Crippen LogP contribution in [0.25, 0.3) is 0 Å². The monoisotopic (exact) mass is 302 g/mol. The molecule has 106 valence electrons. The summed E-state index contributed by atoms with van der Waals surface area (Å²) in [5.41, 5.74) is 1.33. The van der Waals surface area contributed by atoms with Gasteiger partial charge in [0.05, 0.1) is 10.6 Å². The number of aryl methyl sites for hydroxylation is 1. The first-order valence-corrected chi connectivity index (χ1v) is 7.16. The number of rotatable bonds is 6. The second-order valence-electron chi connectivity index (χ2n) is 5.50. The molecule has 0 radical (unpaired) electrons. The zero-order valence-electron chi connectivity index (χ0n) is 11.6. The number of carbonyl (C=O) groups is 1. The Kier molecular flexibility index (Phi) is 6.31. The molecule has 0 aliphatic carbocycles. The maximum atomic E-state index is 10.7. The number of hydrogen-bond acceptors (Lipinski definition) is 2. The largest absolute Gasteiger partial charge is 0.376 e. The molecular weight excluding hydrogens is 283 g/mol. The number of halogens is 2. The van der Waals surface area contributed by atoms with Crippen molar-refractivity contribution in [3.8, 4) is 0 Å². The van der Waals surface area contributed by atoms with Gasteiger partial charge < -0.3 is 4.74 Å². The van der Waals surface area contributed by atoms with Crippen LogP contribution in [-0.4, -0.2) is 18.5 Å². The molecule has 0 amide bonds. The summed E-state index contributed by atoms with van der Waals surface area (Å²) in [5.74, 6) is 0. The van der Waals surface area contributed by atoms with Gasteiger partial charge in [-0.25, -0.2) is 0 Å². The van der Waals surface area contributed by atoms with Crippen LogP contribution in [0.2, 0.25) is 10.0 Å². The van der Waals surface area contributed by atoms with Crippen LogP contribution < -0.4 is 0 Å². The average molecular weight is 303 g/mol. The van der Waals surface area contributed by atoms with Crippen LogP contribution in [0.15, 0.2) is 12.1 Å². The van der Waals surface area contributed by atoms with Crippen LogP contribution in [0.4, 0.5) is 0 Å². The van der Waals surface area contributed by atoms with Crippen molar-refractivity contribution in [3.05, 3.63) is 33.3 Å². The molecule has 1 aromatic rings. The molecule has 0 bridgehead atoms. The van der Waals surface area contributed by atoms with Crippen LogP contribution in [0, 0.1) is 0 Å². The van der Waals surface area contributed by atoms with Crippen LogP contribution >= 0.6 is 23.2 Å². The van der Waals surface area contributed by atoms with Gasteiger partial charge in [-0.05, 0) is 57.7 Å². The van der Waals surface area contributed by atoms with E-state index in [0.29, 0.717) is 15.6 Å². The summed E-state index contributed by atoms with van der Waals surface area (Å²) in [6.45, 7) is 6.87. The lowest BCUT2D eigenvalue weighted by molar-refractivity contribution is -0.00452. The fraction of sp³-hybridized carbons (Fsp3) is 0.533. The molecule has 0 atom stereocenters. The Balaban J connectivity index is 2.46. The average Bonchev–Trinajstić information content (AvgIpc) is 2.31. The summed E-state index contributed by atoms with van der Waals surface area (Å²) in [5, 5.41) is 1.06. The molecule has 0 unspecified atom stereocenters. The molecule has 0 saturated heterocycles. The van der Waals surface area contributed by atoms with Crippen molar-refractivity contribution in [1.82, 2.24) is 0 Å². The number of unbranched alkanes of at least 4 members (excludes halogenated alkanes) is 1. The summed E-state index contributed by atoms with van der Waals surface area (Å²) in [6.07, 6.45) is 3.51. The van der Waals surface area contributed by atoms with Gasteiger partial charge in [0, 0.05) is 17.2 Å². The van der Waals surface area contributed by atoms with Crippen molar-refractivity contribution >= 4 is 29.5 Å². The summed E-state index contributed by atoms with van der Waals surface area (Å²) in [4.78, 5) is 10.7. The highest BCUT2D eigenvalue weighted by atomic mass is 35.5. The van der Waals surface area contributed by atoms with E-state index in [2.05, 4.69) is 0 Å². The zero-order chi connectivity index (χ0) is 14.5. The van der Waals surface area contributed by atoms with Crippen molar-refractivity contribution in [2.24, 2.45) is 0 Å². The maximum Gasteiger partial charge on any atom is 0.151 e. The second-order valence-corrected chi connectivity index (χ2v) is 6.32. The summed E-state index contributed by atoms with van der Waals surface area (Å²) in [6, 6.07) is 3.40. The van der Waals surface area contributed by atoms with E-state index in [9.17, 15) is 4.79 Å². The minimum atomic E-state index is -0.0907. The molecule has 0 saturated carbocycles. The molecule has 0 spiro atoms. The SMILES string of the molecule is CC(C)(C)OCCCCc1cc(Cl)c(C=O)cc1Cl. The van der Waals surface area contributed by atoms with Crippen LogP contribution in [0.3, 0.4) is 0 Å². The Morgan fingerprint density at radius 2 is 1.84 bits per heavy atom. The lowest BCUT2D eigenvalue weighted by Crippen LogP contribution is -2.19. The Bertz CT molecular complexity index is 437. The number of hydrogen-bond donors (Lipinski definition) is 0. The van der Waals surface area contributed by atoms with E-state index in [1.807, 2.05) is 20.8 Å². The predicted octanol–water partition coefficient (Wildman–Crippen LogP) is 4.94. The van der Waals surface area contributed by atoms with Crippen molar-refractivity contribution in [1.29, 1.82) is 0 Å². The van der Waals surface area contributed by atoms with Crippen LogP contribution in [0.1, 0.15) is 49.5 Å². The Morgan fingerprint density at radius 1 is 1.16 bits per heavy atom. The van der Waals surface area contributed by atoms with E-state index in [1.165, 1.54) is 0 Å². The van der Waals surface area contributed by atoms with Gasteiger partial charge in [0.2, 0.25) is 0 Å². The van der Waals surface area contributed by atoms with Crippen molar-refractivity contribution in [3.63, 3.8) is 0 Å². The molecule has 0 aliphatic rings. The lowest BCUT2D eigenvalue weighted by atomic mass is 10.1. The third-order valence-electron chi connectivity index (χ3n) is 2.67. The normalized spacial score (nSPS) is 11.6. The van der Waals surface area contributed by atoms with Gasteiger partial charge >= 0.3 is 0 Å². The third kappa shape index (κ3) is 5.94.